The highest BCUT2D eigenvalue weighted by atomic mass is 16.5. The van der Waals surface area contributed by atoms with Gasteiger partial charge in [0.1, 0.15) is 5.82 Å². The third-order valence-corrected chi connectivity index (χ3v) is 3.50. The van der Waals surface area contributed by atoms with Gasteiger partial charge in [-0.3, -0.25) is 5.84 Å². The number of nitrogens with one attached hydrogen (secondary N) is 1. The molecule has 0 aromatic carbocycles. The van der Waals surface area contributed by atoms with Crippen LogP contribution in [-0.4, -0.2) is 22.3 Å². The second-order valence-corrected chi connectivity index (χ2v) is 4.92. The molecule has 5 nitrogen and oxygen atoms in total. The molecule has 2 heterocycles. The number of hydrogen-bond acceptors (Lipinski definition) is 4. The SMILES string of the molecule is CCCn1ccnc1C(CC1CCCCO1)NN. The third-order valence-electron chi connectivity index (χ3n) is 3.50. The van der Waals surface area contributed by atoms with E-state index in [9.17, 15) is 0 Å². The molecule has 3 N–H and O–H groups in total. The summed E-state index contributed by atoms with van der Waals surface area (Å²) in [4.78, 5) is 4.44. The van der Waals surface area contributed by atoms with Crippen LogP contribution in [0.1, 0.15) is 50.9 Å². The quantitative estimate of drug-likeness (QED) is 0.598. The van der Waals surface area contributed by atoms with Crippen molar-refractivity contribution in [2.45, 2.75) is 57.7 Å². The predicted molar refractivity (Wildman–Crippen MR) is 70.8 cm³/mol. The maximum atomic E-state index is 5.78. The standard InChI is InChI=1S/C13H24N4O/c1-2-7-17-8-6-15-13(17)12(16-14)10-11-5-3-4-9-18-11/h6,8,11-12,16H,2-5,7,9-10,14H2,1H3. The van der Waals surface area contributed by atoms with Crippen LogP contribution in [0.5, 0.6) is 0 Å². The normalized spacial score (nSPS) is 22.0. The van der Waals surface area contributed by atoms with E-state index in [1.165, 1.54) is 12.8 Å². The summed E-state index contributed by atoms with van der Waals surface area (Å²) in [5, 5.41) is 0. The molecule has 0 aliphatic carbocycles. The van der Waals surface area contributed by atoms with Crippen LogP contribution in [0.15, 0.2) is 12.4 Å². The second kappa shape index (κ2) is 6.87. The van der Waals surface area contributed by atoms with Crippen molar-refractivity contribution in [3.05, 3.63) is 18.2 Å². The lowest BCUT2D eigenvalue weighted by molar-refractivity contribution is 0.00428. The molecule has 2 rings (SSSR count). The molecule has 1 aliphatic rings. The van der Waals surface area contributed by atoms with Crippen LogP contribution >= 0.6 is 0 Å². The van der Waals surface area contributed by atoms with Crippen molar-refractivity contribution in [2.24, 2.45) is 5.84 Å². The zero-order chi connectivity index (χ0) is 12.8. The summed E-state index contributed by atoms with van der Waals surface area (Å²) < 4.78 is 7.95. The smallest absolute Gasteiger partial charge is 0.127 e. The van der Waals surface area contributed by atoms with E-state index >= 15 is 0 Å². The van der Waals surface area contributed by atoms with Gasteiger partial charge in [-0.1, -0.05) is 6.92 Å². The highest BCUT2D eigenvalue weighted by Crippen LogP contribution is 2.23. The lowest BCUT2D eigenvalue weighted by Gasteiger charge is -2.26. The molecule has 1 aromatic rings. The summed E-state index contributed by atoms with van der Waals surface area (Å²) >= 11 is 0. The Kier molecular flexibility index (Phi) is 5.16. The molecular weight excluding hydrogens is 228 g/mol. The number of nitrogens with zero attached hydrogens (tertiary/aromatic N) is 2. The van der Waals surface area contributed by atoms with Crippen molar-refractivity contribution in [1.29, 1.82) is 0 Å². The van der Waals surface area contributed by atoms with Gasteiger partial charge in [0.2, 0.25) is 0 Å². The average molecular weight is 252 g/mol. The fourth-order valence-electron chi connectivity index (χ4n) is 2.56. The molecule has 2 unspecified atom stereocenters. The molecule has 1 fully saturated rings. The minimum absolute atomic E-state index is 0.0784. The first-order chi connectivity index (χ1) is 8.85. The summed E-state index contributed by atoms with van der Waals surface area (Å²) in [7, 11) is 0. The Bertz CT molecular complexity index is 347. The molecule has 102 valence electrons. The molecule has 0 radical (unpaired) electrons. The van der Waals surface area contributed by atoms with Crippen molar-refractivity contribution in [2.75, 3.05) is 6.61 Å². The van der Waals surface area contributed by atoms with E-state index in [0.717, 1.165) is 38.2 Å². The third kappa shape index (κ3) is 3.31. The van der Waals surface area contributed by atoms with Gasteiger partial charge in [0.15, 0.2) is 0 Å². The van der Waals surface area contributed by atoms with Crippen molar-refractivity contribution >= 4 is 0 Å². The van der Waals surface area contributed by atoms with E-state index < -0.39 is 0 Å². The largest absolute Gasteiger partial charge is 0.378 e. The molecule has 18 heavy (non-hydrogen) atoms. The predicted octanol–water partition coefficient (Wildman–Crippen LogP) is 1.76. The fourth-order valence-corrected chi connectivity index (χ4v) is 2.56. The Hall–Kier alpha value is -0.910. The molecule has 1 saturated heterocycles. The Balaban J connectivity index is 2.00. The van der Waals surface area contributed by atoms with Crippen molar-refractivity contribution < 1.29 is 4.74 Å². The highest BCUT2D eigenvalue weighted by Gasteiger charge is 2.22. The van der Waals surface area contributed by atoms with Crippen molar-refractivity contribution in [3.8, 4) is 0 Å². The number of hydrogen-bond donors (Lipinski definition) is 2. The van der Waals surface area contributed by atoms with Crippen LogP contribution in [0.25, 0.3) is 0 Å². The molecular formula is C13H24N4O. The second-order valence-electron chi connectivity index (χ2n) is 4.92. The van der Waals surface area contributed by atoms with Crippen LogP contribution in [0.4, 0.5) is 0 Å². The van der Waals surface area contributed by atoms with Crippen molar-refractivity contribution in [1.82, 2.24) is 15.0 Å². The molecule has 5 heteroatoms. The number of aryl methyl sites for hydroxylation is 1. The number of hydrazine groups is 1. The lowest BCUT2D eigenvalue weighted by Crippen LogP contribution is -2.34. The average Bonchev–Trinajstić information content (AvgIpc) is 2.86. The van der Waals surface area contributed by atoms with E-state index in [1.807, 2.05) is 12.4 Å². The van der Waals surface area contributed by atoms with Gasteiger partial charge in [-0.25, -0.2) is 10.4 Å². The molecule has 0 saturated carbocycles. The van der Waals surface area contributed by atoms with E-state index in [0.29, 0.717) is 6.10 Å². The maximum absolute atomic E-state index is 5.78. The molecule has 2 atom stereocenters. The van der Waals surface area contributed by atoms with Crippen LogP contribution in [-0.2, 0) is 11.3 Å². The number of imidazole rings is 1. The first kappa shape index (κ1) is 13.5. The molecule has 0 spiro atoms. The maximum Gasteiger partial charge on any atom is 0.127 e. The van der Waals surface area contributed by atoms with Crippen LogP contribution in [0, 0.1) is 0 Å². The number of ether oxygens (including phenoxy) is 1. The van der Waals surface area contributed by atoms with Gasteiger partial charge in [0.05, 0.1) is 12.1 Å². The van der Waals surface area contributed by atoms with Crippen LogP contribution in [0.2, 0.25) is 0 Å². The molecule has 1 aliphatic heterocycles. The minimum Gasteiger partial charge on any atom is -0.378 e. The Labute approximate surface area is 109 Å². The highest BCUT2D eigenvalue weighted by molar-refractivity contribution is 5.00. The van der Waals surface area contributed by atoms with E-state index in [2.05, 4.69) is 21.9 Å². The van der Waals surface area contributed by atoms with Gasteiger partial charge in [-0.15, -0.1) is 0 Å². The first-order valence-electron chi connectivity index (χ1n) is 6.94. The Morgan fingerprint density at radius 3 is 3.17 bits per heavy atom. The molecule has 0 amide bonds. The fraction of sp³-hybridized carbons (Fsp3) is 0.769. The Morgan fingerprint density at radius 2 is 2.50 bits per heavy atom. The van der Waals surface area contributed by atoms with E-state index in [4.69, 9.17) is 10.6 Å². The van der Waals surface area contributed by atoms with Gasteiger partial charge in [0, 0.05) is 25.5 Å². The summed E-state index contributed by atoms with van der Waals surface area (Å²) in [6.07, 6.45) is 9.74. The van der Waals surface area contributed by atoms with Gasteiger partial charge in [-0.2, -0.15) is 0 Å². The zero-order valence-electron chi connectivity index (χ0n) is 11.1. The number of rotatable bonds is 6. The lowest BCUT2D eigenvalue weighted by atomic mass is 10.0. The number of nitrogens with two attached hydrogens (primary N) is 1. The van der Waals surface area contributed by atoms with Gasteiger partial charge < -0.3 is 9.30 Å². The minimum atomic E-state index is 0.0784. The van der Waals surface area contributed by atoms with Crippen LogP contribution in [0.3, 0.4) is 0 Å². The monoisotopic (exact) mass is 252 g/mol. The zero-order valence-corrected chi connectivity index (χ0v) is 11.1. The summed E-state index contributed by atoms with van der Waals surface area (Å²) in [5.74, 6) is 6.71. The first-order valence-corrected chi connectivity index (χ1v) is 6.94. The van der Waals surface area contributed by atoms with Gasteiger partial charge in [-0.05, 0) is 32.1 Å². The summed E-state index contributed by atoms with van der Waals surface area (Å²) in [5.41, 5.74) is 2.89. The summed E-state index contributed by atoms with van der Waals surface area (Å²) in [6, 6.07) is 0.0784. The van der Waals surface area contributed by atoms with Crippen LogP contribution < -0.4 is 11.3 Å². The van der Waals surface area contributed by atoms with Gasteiger partial charge in [0.25, 0.3) is 0 Å². The molecule has 0 bridgehead atoms. The number of aromatic nitrogens is 2. The van der Waals surface area contributed by atoms with E-state index in [-0.39, 0.29) is 6.04 Å². The summed E-state index contributed by atoms with van der Waals surface area (Å²) in [6.45, 7) is 4.03. The van der Waals surface area contributed by atoms with Crippen molar-refractivity contribution in [3.63, 3.8) is 0 Å². The Morgan fingerprint density at radius 1 is 1.61 bits per heavy atom. The molecule has 1 aromatic heterocycles. The van der Waals surface area contributed by atoms with E-state index in [1.54, 1.807) is 0 Å². The van der Waals surface area contributed by atoms with Gasteiger partial charge >= 0.3 is 0 Å². The topological polar surface area (TPSA) is 65.1 Å².